The number of hydrogen-bond acceptors (Lipinski definition) is 2. The van der Waals surface area contributed by atoms with Crippen LogP contribution in [-0.2, 0) is 0 Å². The smallest absolute Gasteiger partial charge is 0.0790 e. The molecule has 0 spiro atoms. The van der Waals surface area contributed by atoms with Gasteiger partial charge < -0.3 is 0 Å². The van der Waals surface area contributed by atoms with Crippen LogP contribution in [0.3, 0.4) is 0 Å². The largest absolute Gasteiger partial charge is 0.251 e. The topological polar surface area (TPSA) is 12.4 Å². The standard InChI is InChI=1S/C80H51NS/c1-3-21-51(22-4-1)62-45-46-72(55-27-19-28-57(47-55)75-63-32-10-12-34-65(63)77(66-35-13-11-33-64(66)75)60-44-43-53-42-41-52-23-7-9-31-61(52)71(53)49-60)81-80(54-24-5-2-6-25-54)78(62)59-30-20-29-58(48-59)76-67-36-14-16-38-69(67)79(70-39-17-15-37-68(70)76)74-50-56-26-8-18-40-73(56)82-74/h1-45,47-50H,46H2. The molecule has 1 aromatic heterocycles. The lowest BCUT2D eigenvalue weighted by atomic mass is 9.84. The van der Waals surface area contributed by atoms with E-state index in [4.69, 9.17) is 4.99 Å². The number of hydrogen-bond donors (Lipinski definition) is 0. The molecule has 382 valence electrons. The predicted molar refractivity (Wildman–Crippen MR) is 354 cm³/mol. The zero-order valence-electron chi connectivity index (χ0n) is 44.9. The Hall–Kier alpha value is -10.3. The quantitative estimate of drug-likeness (QED) is 0.106. The highest BCUT2D eigenvalue weighted by Crippen LogP contribution is 2.49. The van der Waals surface area contributed by atoms with Crippen molar-refractivity contribution in [3.8, 4) is 43.8 Å². The molecule has 2 heterocycles. The van der Waals surface area contributed by atoms with Gasteiger partial charge in [0.1, 0.15) is 0 Å². The van der Waals surface area contributed by atoms with Crippen LogP contribution in [0.1, 0.15) is 28.7 Å². The van der Waals surface area contributed by atoms with E-state index in [1.807, 2.05) is 11.3 Å². The molecule has 1 aliphatic rings. The van der Waals surface area contributed by atoms with Crippen LogP contribution in [0.15, 0.2) is 302 Å². The lowest BCUT2D eigenvalue weighted by molar-refractivity contribution is 1.41. The number of aliphatic imine (C=N–C) groups is 1. The first-order chi connectivity index (χ1) is 40.7. The van der Waals surface area contributed by atoms with Crippen molar-refractivity contribution >= 4 is 109 Å². The third-order valence-electron chi connectivity index (χ3n) is 16.9. The van der Waals surface area contributed by atoms with Crippen LogP contribution in [0, 0.1) is 0 Å². The van der Waals surface area contributed by atoms with Crippen LogP contribution in [-0.4, -0.2) is 5.71 Å². The van der Waals surface area contributed by atoms with E-state index < -0.39 is 0 Å². The van der Waals surface area contributed by atoms with Gasteiger partial charge in [-0.15, -0.1) is 11.3 Å². The summed E-state index contributed by atoms with van der Waals surface area (Å²) >= 11 is 1.87. The molecule has 0 saturated carbocycles. The molecule has 82 heavy (non-hydrogen) atoms. The zero-order valence-corrected chi connectivity index (χ0v) is 45.7. The van der Waals surface area contributed by atoms with Gasteiger partial charge in [0.25, 0.3) is 0 Å². The molecule has 0 atom stereocenters. The highest BCUT2D eigenvalue weighted by molar-refractivity contribution is 7.22. The van der Waals surface area contributed by atoms with Gasteiger partial charge in [-0.25, -0.2) is 0 Å². The summed E-state index contributed by atoms with van der Waals surface area (Å²) in [4.78, 5) is 7.20. The first-order valence-corrected chi connectivity index (χ1v) is 29.1. The van der Waals surface area contributed by atoms with Gasteiger partial charge in [-0.05, 0) is 156 Å². The average Bonchev–Trinajstić information content (AvgIpc) is 3.39. The summed E-state index contributed by atoms with van der Waals surface area (Å²) < 4.78 is 1.30. The number of benzene rings is 14. The zero-order chi connectivity index (χ0) is 54.1. The van der Waals surface area contributed by atoms with E-state index in [2.05, 4.69) is 297 Å². The second kappa shape index (κ2) is 19.8. The van der Waals surface area contributed by atoms with E-state index in [0.717, 1.165) is 50.4 Å². The maximum Gasteiger partial charge on any atom is 0.0790 e. The van der Waals surface area contributed by atoms with E-state index in [9.17, 15) is 0 Å². The molecule has 0 saturated heterocycles. The summed E-state index contributed by atoms with van der Waals surface area (Å²) in [6.07, 6.45) is 3.06. The van der Waals surface area contributed by atoms with Crippen LogP contribution >= 0.6 is 11.3 Å². The number of nitrogens with zero attached hydrogens (tertiary/aromatic N) is 1. The highest BCUT2D eigenvalue weighted by Gasteiger charge is 2.25. The molecular weight excluding hydrogens is 1010 g/mol. The van der Waals surface area contributed by atoms with Crippen LogP contribution in [0.5, 0.6) is 0 Å². The third-order valence-corrected chi connectivity index (χ3v) is 18.0. The minimum atomic E-state index is 0.638. The minimum absolute atomic E-state index is 0.638. The molecule has 2 heteroatoms. The second-order valence-corrected chi connectivity index (χ2v) is 22.6. The summed E-state index contributed by atoms with van der Waals surface area (Å²) in [5, 5.41) is 16.2. The van der Waals surface area contributed by atoms with E-state index in [1.54, 1.807) is 0 Å². The van der Waals surface area contributed by atoms with Gasteiger partial charge in [-0.3, -0.25) is 4.99 Å². The Bertz CT molecular complexity index is 5020. The number of thiophene rings is 1. The summed E-state index contributed by atoms with van der Waals surface area (Å²) in [6, 6.07) is 107. The number of fused-ring (bicyclic) bond motifs is 8. The molecule has 0 radical (unpaired) electrons. The summed E-state index contributed by atoms with van der Waals surface area (Å²) in [6.45, 7) is 0. The minimum Gasteiger partial charge on any atom is -0.251 e. The highest BCUT2D eigenvalue weighted by atomic mass is 32.1. The predicted octanol–water partition coefficient (Wildman–Crippen LogP) is 22.3. The van der Waals surface area contributed by atoms with Crippen molar-refractivity contribution in [3.05, 3.63) is 320 Å². The van der Waals surface area contributed by atoms with Crippen molar-refractivity contribution in [2.45, 2.75) is 6.42 Å². The first-order valence-electron chi connectivity index (χ1n) is 28.3. The van der Waals surface area contributed by atoms with Gasteiger partial charge in [0.05, 0.1) is 11.4 Å². The van der Waals surface area contributed by atoms with Crippen molar-refractivity contribution in [2.24, 2.45) is 4.99 Å². The maximum absolute atomic E-state index is 5.92. The SMILES string of the molecule is C1=C(c2ccccc2)C(c2cccc(-c3c4ccccc4c(-c4cc5ccccc5s4)c4ccccc34)c2)=C(c2ccccc2)N=C(c2cccc(-c3c4ccccc4c(-c4ccc5ccc6ccccc6c5c4)c4ccccc34)c2)C1. The molecule has 0 amide bonds. The molecule has 16 rings (SSSR count). The molecule has 0 N–H and O–H groups in total. The fourth-order valence-electron chi connectivity index (χ4n) is 13.2. The average molecular weight is 1060 g/mol. The summed E-state index contributed by atoms with van der Waals surface area (Å²) in [5.74, 6) is 0. The van der Waals surface area contributed by atoms with Gasteiger partial charge in [-0.2, -0.15) is 0 Å². The van der Waals surface area contributed by atoms with Gasteiger partial charge in [0.2, 0.25) is 0 Å². The molecular formula is C80H51NS. The monoisotopic (exact) mass is 1060 g/mol. The molecule has 0 bridgehead atoms. The molecule has 1 aliphatic heterocycles. The fourth-order valence-corrected chi connectivity index (χ4v) is 14.4. The maximum atomic E-state index is 5.92. The Morgan fingerprint density at radius 3 is 1.26 bits per heavy atom. The Kier molecular flexibility index (Phi) is 11.5. The fraction of sp³-hybridized carbons (Fsp3) is 0.0125. The van der Waals surface area contributed by atoms with Gasteiger partial charge >= 0.3 is 0 Å². The Morgan fingerprint density at radius 2 is 0.683 bits per heavy atom. The number of allylic oxidation sites excluding steroid dienone is 3. The van der Waals surface area contributed by atoms with Crippen LogP contribution in [0.4, 0.5) is 0 Å². The van der Waals surface area contributed by atoms with Crippen LogP contribution < -0.4 is 0 Å². The second-order valence-electron chi connectivity index (χ2n) is 21.6. The lowest BCUT2D eigenvalue weighted by Crippen LogP contribution is -2.01. The van der Waals surface area contributed by atoms with Crippen molar-refractivity contribution in [1.82, 2.24) is 0 Å². The van der Waals surface area contributed by atoms with Crippen LogP contribution in [0.25, 0.3) is 135 Å². The molecule has 1 nitrogen and oxygen atoms in total. The van der Waals surface area contributed by atoms with Crippen molar-refractivity contribution in [1.29, 1.82) is 0 Å². The van der Waals surface area contributed by atoms with Gasteiger partial charge in [-0.1, -0.05) is 267 Å². The normalized spacial score (nSPS) is 12.9. The molecule has 15 aromatic rings. The van der Waals surface area contributed by atoms with Gasteiger partial charge in [0.15, 0.2) is 0 Å². The Balaban J connectivity index is 0.884. The van der Waals surface area contributed by atoms with Crippen molar-refractivity contribution in [3.63, 3.8) is 0 Å². The molecule has 0 fully saturated rings. The van der Waals surface area contributed by atoms with Crippen molar-refractivity contribution in [2.75, 3.05) is 0 Å². The van der Waals surface area contributed by atoms with E-state index in [0.29, 0.717) is 6.42 Å². The Morgan fingerprint density at radius 1 is 0.268 bits per heavy atom. The van der Waals surface area contributed by atoms with Crippen LogP contribution in [0.2, 0.25) is 0 Å². The first kappa shape index (κ1) is 47.7. The molecule has 0 unspecified atom stereocenters. The van der Waals surface area contributed by atoms with Gasteiger partial charge in [0, 0.05) is 32.7 Å². The van der Waals surface area contributed by atoms with E-state index >= 15 is 0 Å². The lowest BCUT2D eigenvalue weighted by Gasteiger charge is -2.19. The Labute approximate surface area is 480 Å². The van der Waals surface area contributed by atoms with E-state index in [-0.39, 0.29) is 0 Å². The van der Waals surface area contributed by atoms with Crippen molar-refractivity contribution < 1.29 is 0 Å². The number of rotatable bonds is 8. The third kappa shape index (κ3) is 8.02. The molecule has 0 aliphatic carbocycles. The molecule has 14 aromatic carbocycles. The summed E-state index contributed by atoms with van der Waals surface area (Å²) in [7, 11) is 0. The summed E-state index contributed by atoms with van der Waals surface area (Å²) in [5.41, 5.74) is 17.2. The van der Waals surface area contributed by atoms with E-state index in [1.165, 1.54) is 113 Å².